The molecule has 7 heteroatoms. The lowest BCUT2D eigenvalue weighted by Gasteiger charge is -2.12. The number of rotatable bonds is 3. The predicted octanol–water partition coefficient (Wildman–Crippen LogP) is 1.58. The standard InChI is InChI=1S/C19H14N2O5/c1-11-15(8-12-2-7-16-17(9-12)26-10-25-16)18(22)21(20-11)14-5-3-13(4-6-14)19(23)24/h2-9H,10H2,1H3,(H,23,24)/p-1/b15-8-. The summed E-state index contributed by atoms with van der Waals surface area (Å²) in [4.78, 5) is 23.6. The molecule has 2 aliphatic rings. The van der Waals surface area contributed by atoms with Crippen LogP contribution in [-0.4, -0.2) is 24.4 Å². The van der Waals surface area contributed by atoms with Crippen molar-refractivity contribution in [1.82, 2.24) is 0 Å². The molecule has 1 amide bonds. The summed E-state index contributed by atoms with van der Waals surface area (Å²) in [5, 5.41) is 16.4. The summed E-state index contributed by atoms with van der Waals surface area (Å²) in [7, 11) is 0. The number of benzene rings is 2. The molecule has 2 aromatic rings. The van der Waals surface area contributed by atoms with Gasteiger partial charge in [-0.1, -0.05) is 18.2 Å². The molecule has 0 saturated heterocycles. The minimum Gasteiger partial charge on any atom is -0.545 e. The molecule has 0 N–H and O–H groups in total. The minimum absolute atomic E-state index is 0.0391. The van der Waals surface area contributed by atoms with Crippen LogP contribution in [0.4, 0.5) is 5.69 Å². The molecule has 0 saturated carbocycles. The topological polar surface area (TPSA) is 91.3 Å². The fourth-order valence-electron chi connectivity index (χ4n) is 2.77. The highest BCUT2D eigenvalue weighted by atomic mass is 16.7. The van der Waals surface area contributed by atoms with Crippen LogP contribution in [0.25, 0.3) is 6.08 Å². The molecule has 2 heterocycles. The van der Waals surface area contributed by atoms with E-state index in [0.717, 1.165) is 5.56 Å². The summed E-state index contributed by atoms with van der Waals surface area (Å²) in [5.74, 6) is -0.257. The SMILES string of the molecule is CC1=NN(c2ccc(C(=O)[O-])cc2)C(=O)/C1=C\c1ccc2c(c1)OCO2. The molecule has 0 spiro atoms. The van der Waals surface area contributed by atoms with Crippen molar-refractivity contribution in [2.45, 2.75) is 6.92 Å². The van der Waals surface area contributed by atoms with Gasteiger partial charge in [0.25, 0.3) is 5.91 Å². The Morgan fingerprint density at radius 3 is 2.62 bits per heavy atom. The van der Waals surface area contributed by atoms with Crippen LogP contribution in [0.5, 0.6) is 11.5 Å². The summed E-state index contributed by atoms with van der Waals surface area (Å²) < 4.78 is 10.6. The van der Waals surface area contributed by atoms with Gasteiger partial charge in [-0.15, -0.1) is 0 Å². The van der Waals surface area contributed by atoms with Gasteiger partial charge in [-0.2, -0.15) is 10.1 Å². The van der Waals surface area contributed by atoms with Crippen LogP contribution in [0.3, 0.4) is 0 Å². The van der Waals surface area contributed by atoms with Crippen molar-refractivity contribution < 1.29 is 24.2 Å². The first-order valence-electron chi connectivity index (χ1n) is 7.86. The fraction of sp³-hybridized carbons (Fsp3) is 0.105. The number of carbonyl (C=O) groups is 2. The third-order valence-corrected chi connectivity index (χ3v) is 4.12. The van der Waals surface area contributed by atoms with Crippen molar-refractivity contribution in [3.8, 4) is 11.5 Å². The van der Waals surface area contributed by atoms with Gasteiger partial charge in [-0.25, -0.2) is 0 Å². The molecule has 26 heavy (non-hydrogen) atoms. The van der Waals surface area contributed by atoms with Crippen molar-refractivity contribution >= 4 is 29.4 Å². The highest BCUT2D eigenvalue weighted by molar-refractivity contribution is 6.32. The van der Waals surface area contributed by atoms with E-state index < -0.39 is 5.97 Å². The Bertz CT molecular complexity index is 976. The molecule has 0 aromatic heterocycles. The normalized spacial score (nSPS) is 17.0. The van der Waals surface area contributed by atoms with Gasteiger partial charge in [-0.05, 0) is 48.4 Å². The lowest BCUT2D eigenvalue weighted by atomic mass is 10.1. The number of hydrogen-bond acceptors (Lipinski definition) is 6. The van der Waals surface area contributed by atoms with Gasteiger partial charge < -0.3 is 19.4 Å². The molecule has 2 aliphatic heterocycles. The molecule has 4 rings (SSSR count). The number of aromatic carboxylic acids is 1. The number of carboxylic acids is 1. The zero-order valence-corrected chi connectivity index (χ0v) is 13.8. The van der Waals surface area contributed by atoms with Gasteiger partial charge in [0.1, 0.15) is 0 Å². The first kappa shape index (κ1) is 15.9. The van der Waals surface area contributed by atoms with E-state index >= 15 is 0 Å². The van der Waals surface area contributed by atoms with Crippen molar-refractivity contribution in [3.05, 3.63) is 59.2 Å². The van der Waals surface area contributed by atoms with E-state index in [1.165, 1.54) is 29.3 Å². The van der Waals surface area contributed by atoms with E-state index in [-0.39, 0.29) is 18.3 Å². The third-order valence-electron chi connectivity index (χ3n) is 4.12. The van der Waals surface area contributed by atoms with Crippen molar-refractivity contribution in [2.75, 3.05) is 11.8 Å². The molecular formula is C19H13N2O5-. The number of carbonyl (C=O) groups excluding carboxylic acids is 2. The lowest BCUT2D eigenvalue weighted by Crippen LogP contribution is -2.23. The maximum Gasteiger partial charge on any atom is 0.280 e. The van der Waals surface area contributed by atoms with E-state index in [4.69, 9.17) is 9.47 Å². The summed E-state index contributed by atoms with van der Waals surface area (Å²) >= 11 is 0. The molecular weight excluding hydrogens is 336 g/mol. The Morgan fingerprint density at radius 1 is 1.15 bits per heavy atom. The molecule has 0 radical (unpaired) electrons. The van der Waals surface area contributed by atoms with E-state index in [1.54, 1.807) is 25.1 Å². The Kier molecular flexibility index (Phi) is 3.69. The number of nitrogens with zero attached hydrogens (tertiary/aromatic N) is 2. The van der Waals surface area contributed by atoms with Gasteiger partial charge in [0.2, 0.25) is 6.79 Å². The van der Waals surface area contributed by atoms with Gasteiger partial charge >= 0.3 is 0 Å². The van der Waals surface area contributed by atoms with Crippen LogP contribution in [0, 0.1) is 0 Å². The first-order chi connectivity index (χ1) is 12.5. The number of ether oxygens (including phenoxy) is 2. The second-order valence-electron chi connectivity index (χ2n) is 5.81. The summed E-state index contributed by atoms with van der Waals surface area (Å²) in [6.45, 7) is 1.93. The van der Waals surface area contributed by atoms with Gasteiger partial charge in [-0.3, -0.25) is 4.79 Å². The van der Waals surface area contributed by atoms with Crippen molar-refractivity contribution in [1.29, 1.82) is 0 Å². The Labute approximate surface area is 148 Å². The summed E-state index contributed by atoms with van der Waals surface area (Å²) in [6.07, 6.45) is 1.73. The van der Waals surface area contributed by atoms with E-state index in [0.29, 0.717) is 28.5 Å². The summed E-state index contributed by atoms with van der Waals surface area (Å²) in [5.41, 5.74) is 2.33. The number of amides is 1. The number of carboxylic acid groups (broad SMARTS) is 1. The average molecular weight is 349 g/mol. The Hall–Kier alpha value is -3.61. The van der Waals surface area contributed by atoms with E-state index in [2.05, 4.69) is 5.10 Å². The zero-order valence-electron chi connectivity index (χ0n) is 13.8. The van der Waals surface area contributed by atoms with E-state index in [9.17, 15) is 14.7 Å². The van der Waals surface area contributed by atoms with Crippen molar-refractivity contribution in [2.24, 2.45) is 5.10 Å². The number of hydrazone groups is 1. The molecule has 2 aromatic carbocycles. The second kappa shape index (κ2) is 6.03. The van der Waals surface area contributed by atoms with Crippen LogP contribution in [0.2, 0.25) is 0 Å². The van der Waals surface area contributed by atoms with Crippen molar-refractivity contribution in [3.63, 3.8) is 0 Å². The summed E-state index contributed by atoms with van der Waals surface area (Å²) in [6, 6.07) is 11.2. The molecule has 0 fully saturated rings. The second-order valence-corrected chi connectivity index (χ2v) is 5.81. The van der Waals surface area contributed by atoms with Gasteiger partial charge in [0, 0.05) is 0 Å². The van der Waals surface area contributed by atoms with Crippen LogP contribution >= 0.6 is 0 Å². The fourth-order valence-corrected chi connectivity index (χ4v) is 2.77. The quantitative estimate of drug-likeness (QED) is 0.785. The minimum atomic E-state index is -1.27. The maximum atomic E-state index is 12.7. The number of hydrogen-bond donors (Lipinski definition) is 0. The smallest absolute Gasteiger partial charge is 0.280 e. The van der Waals surface area contributed by atoms with Gasteiger partial charge in [0.05, 0.1) is 22.9 Å². The predicted molar refractivity (Wildman–Crippen MR) is 91.9 cm³/mol. The molecule has 7 nitrogen and oxygen atoms in total. The monoisotopic (exact) mass is 349 g/mol. The first-order valence-corrected chi connectivity index (χ1v) is 7.86. The van der Waals surface area contributed by atoms with E-state index in [1.807, 2.05) is 6.07 Å². The van der Waals surface area contributed by atoms with Crippen LogP contribution in [0.1, 0.15) is 22.8 Å². The average Bonchev–Trinajstić information content (AvgIpc) is 3.21. The molecule has 0 bridgehead atoms. The third kappa shape index (κ3) is 2.69. The molecule has 0 atom stereocenters. The molecule has 0 aliphatic carbocycles. The highest BCUT2D eigenvalue weighted by Gasteiger charge is 2.28. The maximum absolute atomic E-state index is 12.7. The Balaban J connectivity index is 1.63. The van der Waals surface area contributed by atoms with Crippen LogP contribution in [0.15, 0.2) is 53.1 Å². The zero-order chi connectivity index (χ0) is 18.3. The van der Waals surface area contributed by atoms with Crippen LogP contribution < -0.4 is 19.6 Å². The lowest BCUT2D eigenvalue weighted by molar-refractivity contribution is -0.255. The molecule has 130 valence electrons. The van der Waals surface area contributed by atoms with Gasteiger partial charge in [0.15, 0.2) is 11.5 Å². The highest BCUT2D eigenvalue weighted by Crippen LogP contribution is 2.33. The number of fused-ring (bicyclic) bond motifs is 1. The van der Waals surface area contributed by atoms with Crippen LogP contribution in [-0.2, 0) is 4.79 Å². The molecule has 0 unspecified atom stereocenters. The number of anilines is 1. The largest absolute Gasteiger partial charge is 0.545 e. The Morgan fingerprint density at radius 2 is 1.88 bits per heavy atom.